The summed E-state index contributed by atoms with van der Waals surface area (Å²) >= 11 is 1.84. The first-order chi connectivity index (χ1) is 8.62. The minimum absolute atomic E-state index is 0.101. The van der Waals surface area contributed by atoms with Crippen LogP contribution in [-0.2, 0) is 0 Å². The summed E-state index contributed by atoms with van der Waals surface area (Å²) in [5.74, 6) is 1.58. The molecule has 18 heavy (non-hydrogen) atoms. The topological polar surface area (TPSA) is 46.2 Å². The summed E-state index contributed by atoms with van der Waals surface area (Å²) in [5.41, 5.74) is 5.78. The molecule has 102 valence electrons. The quantitative estimate of drug-likeness (QED) is 0.711. The van der Waals surface area contributed by atoms with E-state index in [2.05, 4.69) is 38.1 Å². The van der Waals surface area contributed by atoms with Crippen LogP contribution in [0.15, 0.2) is 35.2 Å². The maximum atomic E-state index is 9.63. The highest BCUT2D eigenvalue weighted by Gasteiger charge is 2.28. The molecule has 0 saturated carbocycles. The molecule has 1 aromatic carbocycles. The van der Waals surface area contributed by atoms with Gasteiger partial charge in [0, 0.05) is 23.5 Å². The van der Waals surface area contributed by atoms with Gasteiger partial charge in [0.15, 0.2) is 0 Å². The lowest BCUT2D eigenvalue weighted by molar-refractivity contribution is 0.105. The molecule has 1 unspecified atom stereocenters. The Hall–Kier alpha value is -0.510. The summed E-state index contributed by atoms with van der Waals surface area (Å²) in [6.45, 7) is 5.13. The Bertz CT molecular complexity index is 323. The standard InChI is InChI=1S/C15H25NOS/c1-13(2)10-15(11-16,12-17)8-9-18-14-6-4-3-5-7-14/h3-7,13,17H,8-12,16H2,1-2H3. The normalized spacial score (nSPS) is 14.7. The molecule has 3 heteroatoms. The molecule has 0 aliphatic carbocycles. The molecular weight excluding hydrogens is 242 g/mol. The maximum absolute atomic E-state index is 9.63. The van der Waals surface area contributed by atoms with Gasteiger partial charge in [0.1, 0.15) is 0 Å². The van der Waals surface area contributed by atoms with Gasteiger partial charge in [-0.15, -0.1) is 11.8 Å². The van der Waals surface area contributed by atoms with Gasteiger partial charge in [-0.05, 0) is 36.6 Å². The van der Waals surface area contributed by atoms with Crippen LogP contribution in [0.5, 0.6) is 0 Å². The van der Waals surface area contributed by atoms with E-state index in [0.29, 0.717) is 12.5 Å². The van der Waals surface area contributed by atoms with Crippen molar-refractivity contribution in [3.8, 4) is 0 Å². The fraction of sp³-hybridized carbons (Fsp3) is 0.600. The van der Waals surface area contributed by atoms with Gasteiger partial charge in [0.05, 0.1) is 0 Å². The number of aliphatic hydroxyl groups excluding tert-OH is 1. The maximum Gasteiger partial charge on any atom is 0.0499 e. The van der Waals surface area contributed by atoms with Crippen LogP contribution in [0.2, 0.25) is 0 Å². The van der Waals surface area contributed by atoms with Crippen molar-refractivity contribution in [3.05, 3.63) is 30.3 Å². The Morgan fingerprint density at radius 2 is 1.94 bits per heavy atom. The summed E-state index contributed by atoms with van der Waals surface area (Å²) in [5, 5.41) is 9.63. The molecule has 1 rings (SSSR count). The van der Waals surface area contributed by atoms with Crippen LogP contribution in [-0.4, -0.2) is 24.0 Å². The first kappa shape index (κ1) is 15.5. The molecule has 0 heterocycles. The third kappa shape index (κ3) is 5.01. The van der Waals surface area contributed by atoms with Gasteiger partial charge in [-0.3, -0.25) is 0 Å². The summed E-state index contributed by atoms with van der Waals surface area (Å²) < 4.78 is 0. The highest BCUT2D eigenvalue weighted by atomic mass is 32.2. The number of thioether (sulfide) groups is 1. The second-order valence-electron chi connectivity index (χ2n) is 5.37. The molecule has 0 saturated heterocycles. The van der Waals surface area contributed by atoms with Crippen LogP contribution >= 0.6 is 11.8 Å². The Morgan fingerprint density at radius 1 is 1.28 bits per heavy atom. The van der Waals surface area contributed by atoms with E-state index in [1.165, 1.54) is 4.90 Å². The van der Waals surface area contributed by atoms with E-state index >= 15 is 0 Å². The highest BCUT2D eigenvalue weighted by Crippen LogP contribution is 2.32. The zero-order valence-corrected chi connectivity index (χ0v) is 12.2. The number of hydrogen-bond donors (Lipinski definition) is 2. The Kier molecular flexibility index (Phi) is 6.76. The summed E-state index contributed by atoms with van der Waals surface area (Å²) in [6.07, 6.45) is 1.97. The van der Waals surface area contributed by atoms with Crippen molar-refractivity contribution >= 4 is 11.8 Å². The molecule has 0 fully saturated rings. The van der Waals surface area contributed by atoms with Crippen LogP contribution in [0.1, 0.15) is 26.7 Å². The van der Waals surface area contributed by atoms with Gasteiger partial charge in [0.2, 0.25) is 0 Å². The Morgan fingerprint density at radius 3 is 2.44 bits per heavy atom. The van der Waals surface area contributed by atoms with Crippen LogP contribution in [0, 0.1) is 11.3 Å². The first-order valence-electron chi connectivity index (χ1n) is 6.61. The molecule has 0 radical (unpaired) electrons. The smallest absolute Gasteiger partial charge is 0.0499 e. The summed E-state index contributed by atoms with van der Waals surface area (Å²) in [7, 11) is 0. The second-order valence-corrected chi connectivity index (χ2v) is 6.54. The lowest BCUT2D eigenvalue weighted by Gasteiger charge is -2.32. The molecule has 0 aliphatic heterocycles. The van der Waals surface area contributed by atoms with Crippen molar-refractivity contribution in [1.82, 2.24) is 0 Å². The number of hydrogen-bond acceptors (Lipinski definition) is 3. The largest absolute Gasteiger partial charge is 0.396 e. The average molecular weight is 267 g/mol. The monoisotopic (exact) mass is 267 g/mol. The summed E-state index contributed by atoms with van der Waals surface area (Å²) in [6, 6.07) is 10.4. The summed E-state index contributed by atoms with van der Waals surface area (Å²) in [4.78, 5) is 1.28. The zero-order chi connectivity index (χ0) is 13.4. The molecule has 0 amide bonds. The van der Waals surface area contributed by atoms with E-state index in [0.717, 1.165) is 18.6 Å². The molecule has 0 spiro atoms. The first-order valence-corrected chi connectivity index (χ1v) is 7.59. The van der Waals surface area contributed by atoms with Gasteiger partial charge < -0.3 is 10.8 Å². The van der Waals surface area contributed by atoms with Crippen LogP contribution in [0.4, 0.5) is 0 Å². The van der Waals surface area contributed by atoms with Gasteiger partial charge in [-0.1, -0.05) is 32.0 Å². The predicted molar refractivity (Wildman–Crippen MR) is 79.8 cm³/mol. The van der Waals surface area contributed by atoms with Crippen molar-refractivity contribution in [3.63, 3.8) is 0 Å². The molecule has 1 aromatic rings. The van der Waals surface area contributed by atoms with Gasteiger partial charge >= 0.3 is 0 Å². The third-order valence-electron chi connectivity index (χ3n) is 3.25. The van der Waals surface area contributed by atoms with Crippen molar-refractivity contribution in [1.29, 1.82) is 0 Å². The highest BCUT2D eigenvalue weighted by molar-refractivity contribution is 7.99. The molecule has 1 atom stereocenters. The zero-order valence-electron chi connectivity index (χ0n) is 11.4. The van der Waals surface area contributed by atoms with E-state index < -0.39 is 0 Å². The molecule has 0 aromatic heterocycles. The van der Waals surface area contributed by atoms with Gasteiger partial charge in [-0.2, -0.15) is 0 Å². The Labute approximate surface area is 115 Å². The van der Waals surface area contributed by atoms with E-state index in [-0.39, 0.29) is 12.0 Å². The molecule has 0 aliphatic rings. The second kappa shape index (κ2) is 7.82. The van der Waals surface area contributed by atoms with Crippen LogP contribution in [0.3, 0.4) is 0 Å². The minimum Gasteiger partial charge on any atom is -0.396 e. The van der Waals surface area contributed by atoms with Crippen LogP contribution < -0.4 is 5.73 Å². The van der Waals surface area contributed by atoms with Gasteiger partial charge in [-0.25, -0.2) is 0 Å². The number of benzene rings is 1. The fourth-order valence-electron chi connectivity index (χ4n) is 2.26. The van der Waals surface area contributed by atoms with Crippen molar-refractivity contribution < 1.29 is 5.11 Å². The third-order valence-corrected chi connectivity index (χ3v) is 4.27. The van der Waals surface area contributed by atoms with Crippen LogP contribution in [0.25, 0.3) is 0 Å². The van der Waals surface area contributed by atoms with Crippen molar-refractivity contribution in [2.75, 3.05) is 18.9 Å². The van der Waals surface area contributed by atoms with Crippen molar-refractivity contribution in [2.45, 2.75) is 31.6 Å². The van der Waals surface area contributed by atoms with E-state index in [9.17, 15) is 5.11 Å². The van der Waals surface area contributed by atoms with E-state index in [1.54, 1.807) is 0 Å². The number of rotatable bonds is 8. The number of aliphatic hydroxyl groups is 1. The fourth-order valence-corrected chi connectivity index (χ4v) is 3.38. The molecule has 0 bridgehead atoms. The SMILES string of the molecule is CC(C)CC(CN)(CO)CCSc1ccccc1. The van der Waals surface area contributed by atoms with Crippen molar-refractivity contribution in [2.24, 2.45) is 17.1 Å². The average Bonchev–Trinajstić information content (AvgIpc) is 2.38. The van der Waals surface area contributed by atoms with E-state index in [4.69, 9.17) is 5.73 Å². The lowest BCUT2D eigenvalue weighted by atomic mass is 9.78. The van der Waals surface area contributed by atoms with E-state index in [1.807, 2.05) is 17.8 Å². The Balaban J connectivity index is 2.47. The molecule has 2 nitrogen and oxygen atoms in total. The molecule has 3 N–H and O–H groups in total. The lowest BCUT2D eigenvalue weighted by Crippen LogP contribution is -2.36. The van der Waals surface area contributed by atoms with Gasteiger partial charge in [0.25, 0.3) is 0 Å². The minimum atomic E-state index is -0.101. The molecular formula is C15H25NOS. The number of nitrogens with two attached hydrogens (primary N) is 1. The predicted octanol–water partition coefficient (Wildman–Crippen LogP) is 3.15.